The number of amides is 2. The third kappa shape index (κ3) is 5.00. The van der Waals surface area contributed by atoms with E-state index in [1.807, 2.05) is 31.2 Å². The van der Waals surface area contributed by atoms with Crippen LogP contribution in [0.25, 0.3) is 10.8 Å². The van der Waals surface area contributed by atoms with Crippen molar-refractivity contribution in [3.05, 3.63) is 66.2 Å². The predicted molar refractivity (Wildman–Crippen MR) is 114 cm³/mol. The SMILES string of the molecule is CCOc1ccc(OC(C)C(=O)NNC(=O)c2cc3ccccc3cc2OC)cc1. The molecule has 0 aliphatic carbocycles. The Morgan fingerprint density at radius 1 is 0.933 bits per heavy atom. The van der Waals surface area contributed by atoms with Crippen molar-refractivity contribution >= 4 is 22.6 Å². The van der Waals surface area contributed by atoms with E-state index in [0.717, 1.165) is 16.5 Å². The number of nitrogens with one attached hydrogen (secondary N) is 2. The molecular formula is C23H24N2O5. The van der Waals surface area contributed by atoms with Gasteiger partial charge in [0.1, 0.15) is 17.2 Å². The summed E-state index contributed by atoms with van der Waals surface area (Å²) in [5, 5.41) is 1.84. The fourth-order valence-electron chi connectivity index (χ4n) is 2.89. The van der Waals surface area contributed by atoms with Crippen LogP contribution in [0.2, 0.25) is 0 Å². The summed E-state index contributed by atoms with van der Waals surface area (Å²) in [5.41, 5.74) is 5.12. The number of benzene rings is 3. The van der Waals surface area contributed by atoms with Crippen molar-refractivity contribution in [3.8, 4) is 17.2 Å². The zero-order valence-electron chi connectivity index (χ0n) is 17.1. The van der Waals surface area contributed by atoms with Crippen LogP contribution >= 0.6 is 0 Å². The second-order valence-corrected chi connectivity index (χ2v) is 6.51. The summed E-state index contributed by atoms with van der Waals surface area (Å²) < 4.78 is 16.3. The van der Waals surface area contributed by atoms with Crippen molar-refractivity contribution in [3.63, 3.8) is 0 Å². The van der Waals surface area contributed by atoms with E-state index in [2.05, 4.69) is 10.9 Å². The Hall–Kier alpha value is -3.74. The number of hydrazine groups is 1. The quantitative estimate of drug-likeness (QED) is 0.585. The summed E-state index contributed by atoms with van der Waals surface area (Å²) in [5.74, 6) is 0.678. The van der Waals surface area contributed by atoms with Crippen molar-refractivity contribution in [2.45, 2.75) is 20.0 Å². The lowest BCUT2D eigenvalue weighted by Gasteiger charge is -2.16. The lowest BCUT2D eigenvalue weighted by molar-refractivity contribution is -0.128. The Morgan fingerprint density at radius 2 is 1.57 bits per heavy atom. The van der Waals surface area contributed by atoms with Crippen LogP contribution in [-0.2, 0) is 4.79 Å². The Bertz CT molecular complexity index is 1030. The number of hydrogen-bond acceptors (Lipinski definition) is 5. The van der Waals surface area contributed by atoms with Gasteiger partial charge in [-0.2, -0.15) is 0 Å². The van der Waals surface area contributed by atoms with Gasteiger partial charge in [0.15, 0.2) is 6.10 Å². The van der Waals surface area contributed by atoms with Crippen LogP contribution in [0.4, 0.5) is 0 Å². The minimum atomic E-state index is -0.818. The first-order chi connectivity index (χ1) is 14.5. The first-order valence-corrected chi connectivity index (χ1v) is 9.58. The molecule has 0 spiro atoms. The van der Waals surface area contributed by atoms with Crippen molar-refractivity contribution in [1.29, 1.82) is 0 Å². The third-order valence-corrected chi connectivity index (χ3v) is 4.43. The molecule has 3 aromatic rings. The van der Waals surface area contributed by atoms with E-state index in [-0.39, 0.29) is 0 Å². The minimum Gasteiger partial charge on any atom is -0.496 e. The van der Waals surface area contributed by atoms with Crippen LogP contribution in [-0.4, -0.2) is 31.6 Å². The van der Waals surface area contributed by atoms with E-state index in [4.69, 9.17) is 14.2 Å². The minimum absolute atomic E-state index is 0.316. The molecule has 0 radical (unpaired) electrons. The molecule has 0 bridgehead atoms. The van der Waals surface area contributed by atoms with Gasteiger partial charge in [-0.1, -0.05) is 24.3 Å². The molecule has 0 aromatic heterocycles. The van der Waals surface area contributed by atoms with Gasteiger partial charge in [0.2, 0.25) is 0 Å². The van der Waals surface area contributed by atoms with Gasteiger partial charge >= 0.3 is 0 Å². The molecule has 0 aliphatic heterocycles. The maximum Gasteiger partial charge on any atom is 0.279 e. The number of carbonyl (C=O) groups excluding carboxylic acids is 2. The molecule has 3 rings (SSSR count). The van der Waals surface area contributed by atoms with Crippen LogP contribution in [0.15, 0.2) is 60.7 Å². The van der Waals surface area contributed by atoms with Crippen LogP contribution in [0, 0.1) is 0 Å². The topological polar surface area (TPSA) is 85.9 Å². The van der Waals surface area contributed by atoms with E-state index in [9.17, 15) is 9.59 Å². The zero-order chi connectivity index (χ0) is 21.5. The van der Waals surface area contributed by atoms with Crippen LogP contribution in [0.3, 0.4) is 0 Å². The van der Waals surface area contributed by atoms with Crippen LogP contribution in [0.1, 0.15) is 24.2 Å². The van der Waals surface area contributed by atoms with E-state index >= 15 is 0 Å². The lowest BCUT2D eigenvalue weighted by Crippen LogP contribution is -2.47. The molecule has 0 saturated heterocycles. The second kappa shape index (κ2) is 9.65. The molecule has 0 aliphatic rings. The standard InChI is InChI=1S/C23H24N2O5/c1-4-29-18-9-11-19(12-10-18)30-15(2)22(26)24-25-23(27)20-13-16-7-5-6-8-17(16)14-21(20)28-3/h5-15H,4H2,1-3H3,(H,24,26)(H,25,27). The largest absolute Gasteiger partial charge is 0.496 e. The highest BCUT2D eigenvalue weighted by Gasteiger charge is 2.18. The molecule has 2 N–H and O–H groups in total. The highest BCUT2D eigenvalue weighted by molar-refractivity contribution is 6.02. The lowest BCUT2D eigenvalue weighted by atomic mass is 10.1. The molecule has 30 heavy (non-hydrogen) atoms. The highest BCUT2D eigenvalue weighted by atomic mass is 16.5. The van der Waals surface area contributed by atoms with E-state index < -0.39 is 17.9 Å². The monoisotopic (exact) mass is 408 g/mol. The molecule has 1 atom stereocenters. The van der Waals surface area contributed by atoms with Gasteiger partial charge in [0, 0.05) is 0 Å². The number of fused-ring (bicyclic) bond motifs is 1. The van der Waals surface area contributed by atoms with Crippen LogP contribution in [0.5, 0.6) is 17.2 Å². The average Bonchev–Trinajstić information content (AvgIpc) is 2.77. The summed E-state index contributed by atoms with van der Waals surface area (Å²) in [6, 6.07) is 18.1. The fraction of sp³-hybridized carbons (Fsp3) is 0.217. The number of ether oxygens (including phenoxy) is 3. The molecule has 3 aromatic carbocycles. The normalized spacial score (nSPS) is 11.4. The van der Waals surface area contributed by atoms with Crippen molar-refractivity contribution < 1.29 is 23.8 Å². The van der Waals surface area contributed by atoms with Gasteiger partial charge in [-0.05, 0) is 61.0 Å². The van der Waals surface area contributed by atoms with Gasteiger partial charge in [-0.25, -0.2) is 0 Å². The fourth-order valence-corrected chi connectivity index (χ4v) is 2.89. The van der Waals surface area contributed by atoms with Gasteiger partial charge in [-0.15, -0.1) is 0 Å². The predicted octanol–water partition coefficient (Wildman–Crippen LogP) is 3.48. The first-order valence-electron chi connectivity index (χ1n) is 9.58. The molecule has 0 heterocycles. The highest BCUT2D eigenvalue weighted by Crippen LogP contribution is 2.25. The maximum absolute atomic E-state index is 12.6. The summed E-state index contributed by atoms with van der Waals surface area (Å²) in [6.07, 6.45) is -0.818. The Morgan fingerprint density at radius 3 is 2.20 bits per heavy atom. The number of carbonyl (C=O) groups is 2. The van der Waals surface area contributed by atoms with Gasteiger partial charge in [-0.3, -0.25) is 20.4 Å². The van der Waals surface area contributed by atoms with Crippen molar-refractivity contribution in [1.82, 2.24) is 10.9 Å². The Kier molecular flexibility index (Phi) is 6.75. The van der Waals surface area contributed by atoms with Gasteiger partial charge < -0.3 is 14.2 Å². The number of hydrogen-bond donors (Lipinski definition) is 2. The molecule has 156 valence electrons. The molecule has 7 nitrogen and oxygen atoms in total. The Labute approximate surface area is 174 Å². The third-order valence-electron chi connectivity index (χ3n) is 4.43. The van der Waals surface area contributed by atoms with E-state index in [1.165, 1.54) is 7.11 Å². The summed E-state index contributed by atoms with van der Waals surface area (Å²) in [7, 11) is 1.49. The first kappa shape index (κ1) is 21.0. The molecule has 0 fully saturated rings. The number of methoxy groups -OCH3 is 1. The smallest absolute Gasteiger partial charge is 0.279 e. The summed E-state index contributed by atoms with van der Waals surface area (Å²) in [6.45, 7) is 4.06. The molecule has 2 amide bonds. The maximum atomic E-state index is 12.6. The van der Waals surface area contributed by atoms with Crippen molar-refractivity contribution in [2.24, 2.45) is 0 Å². The zero-order valence-corrected chi connectivity index (χ0v) is 17.1. The summed E-state index contributed by atoms with van der Waals surface area (Å²) in [4.78, 5) is 24.9. The second-order valence-electron chi connectivity index (χ2n) is 6.51. The molecule has 7 heteroatoms. The number of rotatable bonds is 7. The van der Waals surface area contributed by atoms with Crippen LogP contribution < -0.4 is 25.1 Å². The van der Waals surface area contributed by atoms with E-state index in [0.29, 0.717) is 23.7 Å². The van der Waals surface area contributed by atoms with Gasteiger partial charge in [0.25, 0.3) is 11.8 Å². The molecule has 1 unspecified atom stereocenters. The molecule has 0 saturated carbocycles. The average molecular weight is 408 g/mol. The summed E-state index contributed by atoms with van der Waals surface area (Å²) >= 11 is 0. The van der Waals surface area contributed by atoms with Crippen molar-refractivity contribution in [2.75, 3.05) is 13.7 Å². The molecular weight excluding hydrogens is 384 g/mol. The van der Waals surface area contributed by atoms with E-state index in [1.54, 1.807) is 43.3 Å². The van der Waals surface area contributed by atoms with Gasteiger partial charge in [0.05, 0.1) is 19.3 Å². The Balaban J connectivity index is 1.61.